The molecule has 0 fully saturated rings. The van der Waals surface area contributed by atoms with Crippen molar-refractivity contribution >= 4 is 17.9 Å². The Morgan fingerprint density at radius 2 is 0.629 bits per heavy atom. The maximum atomic E-state index is 12.8. The molecule has 0 bridgehead atoms. The molecule has 0 aromatic heterocycles. The molecule has 0 radical (unpaired) electrons. The lowest BCUT2D eigenvalue weighted by molar-refractivity contribution is -0.167. The molecule has 0 heterocycles. The first kappa shape index (κ1) is 58.6. The van der Waals surface area contributed by atoms with Gasteiger partial charge in [-0.1, -0.05) is 196 Å². The van der Waals surface area contributed by atoms with Crippen LogP contribution >= 0.6 is 0 Å². The van der Waals surface area contributed by atoms with E-state index in [4.69, 9.17) is 14.2 Å². The van der Waals surface area contributed by atoms with Crippen molar-refractivity contribution in [3.05, 3.63) is 85.1 Å². The van der Waals surface area contributed by atoms with Gasteiger partial charge in [0.15, 0.2) is 6.10 Å². The molecule has 0 amide bonds. The molecule has 0 saturated carbocycles. The Hall–Kier alpha value is -3.41. The van der Waals surface area contributed by atoms with Gasteiger partial charge < -0.3 is 14.2 Å². The predicted octanol–water partition coefficient (Wildman–Crippen LogP) is 16.8. The first-order valence-corrected chi connectivity index (χ1v) is 25.6. The monoisotopic (exact) mass is 863 g/mol. The van der Waals surface area contributed by atoms with E-state index in [1.165, 1.54) is 77.0 Å². The average molecular weight is 863 g/mol. The molecular weight excluding hydrogens is 769 g/mol. The summed E-state index contributed by atoms with van der Waals surface area (Å²) >= 11 is 0. The lowest BCUT2D eigenvalue weighted by Gasteiger charge is -2.18. The van der Waals surface area contributed by atoms with Crippen LogP contribution in [0.4, 0.5) is 0 Å². The summed E-state index contributed by atoms with van der Waals surface area (Å²) < 4.78 is 16.8. The molecule has 0 saturated heterocycles. The first-order valence-electron chi connectivity index (χ1n) is 25.6. The van der Waals surface area contributed by atoms with Crippen LogP contribution in [0.5, 0.6) is 0 Å². The molecule has 0 aliphatic carbocycles. The van der Waals surface area contributed by atoms with Crippen LogP contribution in [0.15, 0.2) is 85.1 Å². The summed E-state index contributed by atoms with van der Waals surface area (Å²) in [4.78, 5) is 37.9. The number of allylic oxidation sites excluding steroid dienone is 14. The molecule has 0 N–H and O–H groups in total. The van der Waals surface area contributed by atoms with Crippen molar-refractivity contribution in [2.45, 2.75) is 239 Å². The van der Waals surface area contributed by atoms with Gasteiger partial charge in [0.1, 0.15) is 13.2 Å². The van der Waals surface area contributed by atoms with Gasteiger partial charge in [0.25, 0.3) is 0 Å². The molecule has 6 heteroatoms. The fourth-order valence-corrected chi connectivity index (χ4v) is 6.80. The molecule has 0 aromatic carbocycles. The van der Waals surface area contributed by atoms with E-state index >= 15 is 0 Å². The lowest BCUT2D eigenvalue weighted by Crippen LogP contribution is -2.30. The number of hydrogen-bond donors (Lipinski definition) is 0. The highest BCUT2D eigenvalue weighted by molar-refractivity contribution is 5.71. The molecule has 0 spiro atoms. The van der Waals surface area contributed by atoms with E-state index < -0.39 is 6.10 Å². The van der Waals surface area contributed by atoms with Crippen LogP contribution in [0, 0.1) is 0 Å². The van der Waals surface area contributed by atoms with Gasteiger partial charge in [0.05, 0.1) is 0 Å². The third-order valence-corrected chi connectivity index (χ3v) is 10.6. The highest BCUT2D eigenvalue weighted by Crippen LogP contribution is 2.14. The highest BCUT2D eigenvalue weighted by atomic mass is 16.6. The van der Waals surface area contributed by atoms with E-state index in [1.807, 2.05) is 0 Å². The Kier molecular flexibility index (Phi) is 47.5. The zero-order valence-electron chi connectivity index (χ0n) is 40.4. The molecule has 62 heavy (non-hydrogen) atoms. The predicted molar refractivity (Wildman–Crippen MR) is 265 cm³/mol. The number of esters is 3. The summed E-state index contributed by atoms with van der Waals surface area (Å²) in [6.07, 6.45) is 64.2. The number of unbranched alkanes of at least 4 members (excludes halogenated alkanes) is 20. The van der Waals surface area contributed by atoms with Crippen LogP contribution < -0.4 is 0 Å². The minimum Gasteiger partial charge on any atom is -0.462 e. The van der Waals surface area contributed by atoms with Crippen LogP contribution in [0.2, 0.25) is 0 Å². The zero-order chi connectivity index (χ0) is 45.1. The van der Waals surface area contributed by atoms with Crippen molar-refractivity contribution in [2.24, 2.45) is 0 Å². The van der Waals surface area contributed by atoms with Gasteiger partial charge in [0.2, 0.25) is 0 Å². The second-order valence-electron chi connectivity index (χ2n) is 16.7. The third-order valence-electron chi connectivity index (χ3n) is 10.6. The van der Waals surface area contributed by atoms with Crippen LogP contribution in [0.25, 0.3) is 0 Å². The molecule has 0 aromatic rings. The van der Waals surface area contributed by atoms with Crippen molar-refractivity contribution in [2.75, 3.05) is 13.2 Å². The number of rotatable bonds is 45. The van der Waals surface area contributed by atoms with Crippen molar-refractivity contribution in [1.82, 2.24) is 0 Å². The summed E-state index contributed by atoms with van der Waals surface area (Å²) in [5.74, 6) is -0.931. The van der Waals surface area contributed by atoms with E-state index in [2.05, 4.69) is 106 Å². The third kappa shape index (κ3) is 47.6. The van der Waals surface area contributed by atoms with Gasteiger partial charge in [-0.05, 0) is 103 Å². The summed E-state index contributed by atoms with van der Waals surface area (Å²) in [6, 6.07) is 0. The minimum absolute atomic E-state index is 0.0918. The van der Waals surface area contributed by atoms with Crippen molar-refractivity contribution in [3.8, 4) is 0 Å². The van der Waals surface area contributed by atoms with Gasteiger partial charge in [-0.25, -0.2) is 0 Å². The van der Waals surface area contributed by atoms with Gasteiger partial charge in [0, 0.05) is 19.3 Å². The van der Waals surface area contributed by atoms with Gasteiger partial charge in [-0.3, -0.25) is 14.4 Å². The van der Waals surface area contributed by atoms with Crippen LogP contribution in [0.1, 0.15) is 233 Å². The van der Waals surface area contributed by atoms with Gasteiger partial charge in [-0.2, -0.15) is 0 Å². The number of carbonyl (C=O) groups excluding carboxylic acids is 3. The second kappa shape index (κ2) is 50.2. The Balaban J connectivity index is 4.38. The maximum Gasteiger partial charge on any atom is 0.306 e. The normalized spacial score (nSPS) is 12.8. The summed E-state index contributed by atoms with van der Waals surface area (Å²) in [6.45, 7) is 6.34. The smallest absolute Gasteiger partial charge is 0.306 e. The molecule has 1 unspecified atom stereocenters. The lowest BCUT2D eigenvalue weighted by atomic mass is 10.1. The second-order valence-corrected chi connectivity index (χ2v) is 16.7. The Labute approximate surface area is 382 Å². The van der Waals surface area contributed by atoms with Crippen LogP contribution in [-0.2, 0) is 28.6 Å². The quantitative estimate of drug-likeness (QED) is 0.0263. The van der Waals surface area contributed by atoms with Crippen molar-refractivity contribution in [1.29, 1.82) is 0 Å². The van der Waals surface area contributed by atoms with Gasteiger partial charge >= 0.3 is 17.9 Å². The molecule has 354 valence electrons. The largest absolute Gasteiger partial charge is 0.462 e. The number of ether oxygens (including phenoxy) is 3. The summed E-state index contributed by atoms with van der Waals surface area (Å²) in [5.41, 5.74) is 0. The molecular formula is C56H94O6. The Morgan fingerprint density at radius 3 is 1.00 bits per heavy atom. The van der Waals surface area contributed by atoms with E-state index in [0.29, 0.717) is 19.3 Å². The molecule has 6 nitrogen and oxygen atoms in total. The Bertz CT molecular complexity index is 1220. The first-order chi connectivity index (χ1) is 30.5. The van der Waals surface area contributed by atoms with Crippen LogP contribution in [-0.4, -0.2) is 37.2 Å². The number of carbonyl (C=O) groups is 3. The van der Waals surface area contributed by atoms with E-state index in [-0.39, 0.29) is 31.1 Å². The molecule has 0 rings (SSSR count). The standard InChI is InChI=1S/C56H94O6/c1-4-7-10-13-16-19-22-24-26-27-28-29-30-32-34-37-40-43-46-49-55(58)61-52-53(51-60-54(57)48-45-42-39-36-33-21-18-15-12-9-6-3)62-56(59)50-47-44-41-38-35-31-25-23-20-17-14-11-8-5-2/h7-8,10-11,15-20,24-26,31,53H,4-6,9,12-14,21-23,27-30,32-52H2,1-3H3/b10-7-,11-8-,18-15-,19-16-,20-17-,26-24-,31-25-. The summed E-state index contributed by atoms with van der Waals surface area (Å²) in [5, 5.41) is 0. The SMILES string of the molecule is CC/C=C\C/C=C\C/C=C\CCCCCCCCCCCC(=O)OCC(COC(=O)CCCCCCC/C=C\CCCC)OC(=O)CCCCCC/C=C\C/C=C\C/C=C\CC. The van der Waals surface area contributed by atoms with E-state index in [9.17, 15) is 14.4 Å². The van der Waals surface area contributed by atoms with Gasteiger partial charge in [-0.15, -0.1) is 0 Å². The summed E-state index contributed by atoms with van der Waals surface area (Å²) in [7, 11) is 0. The average Bonchev–Trinajstić information content (AvgIpc) is 3.27. The topological polar surface area (TPSA) is 78.9 Å². The molecule has 0 aliphatic rings. The van der Waals surface area contributed by atoms with E-state index in [0.717, 1.165) is 116 Å². The Morgan fingerprint density at radius 1 is 0.339 bits per heavy atom. The zero-order valence-corrected chi connectivity index (χ0v) is 40.4. The fraction of sp³-hybridized carbons (Fsp3) is 0.696. The molecule has 1 atom stereocenters. The van der Waals surface area contributed by atoms with Crippen LogP contribution in [0.3, 0.4) is 0 Å². The number of hydrogen-bond acceptors (Lipinski definition) is 6. The van der Waals surface area contributed by atoms with E-state index in [1.54, 1.807) is 0 Å². The molecule has 0 aliphatic heterocycles. The van der Waals surface area contributed by atoms with Crippen molar-refractivity contribution in [3.63, 3.8) is 0 Å². The maximum absolute atomic E-state index is 12.8. The highest BCUT2D eigenvalue weighted by Gasteiger charge is 2.19. The fourth-order valence-electron chi connectivity index (χ4n) is 6.80. The minimum atomic E-state index is -0.793. The van der Waals surface area contributed by atoms with Crippen molar-refractivity contribution < 1.29 is 28.6 Å².